The average molecular weight is 320 g/mol. The van der Waals surface area contributed by atoms with E-state index in [1.807, 2.05) is 38.1 Å². The van der Waals surface area contributed by atoms with Crippen molar-refractivity contribution < 1.29 is 9.59 Å². The zero-order chi connectivity index (χ0) is 15.9. The molecule has 0 bridgehead atoms. The van der Waals surface area contributed by atoms with Crippen LogP contribution in [-0.2, 0) is 9.59 Å². The molecule has 0 spiro atoms. The van der Waals surface area contributed by atoms with Gasteiger partial charge in [-0.3, -0.25) is 9.59 Å². The van der Waals surface area contributed by atoms with Crippen LogP contribution in [0.5, 0.6) is 0 Å². The number of nitrogens with one attached hydrogen (secondary N) is 2. The lowest BCUT2D eigenvalue weighted by Gasteiger charge is -2.19. The Balaban J connectivity index is 1.91. The van der Waals surface area contributed by atoms with Crippen molar-refractivity contribution >= 4 is 34.6 Å². The number of nitrogens with zero attached hydrogens (tertiary/aromatic N) is 2. The molecule has 0 atom stereocenters. The molecule has 0 aliphatic heterocycles. The van der Waals surface area contributed by atoms with Gasteiger partial charge in [-0.1, -0.05) is 23.9 Å². The molecular formula is C15H20N4O2S. The summed E-state index contributed by atoms with van der Waals surface area (Å²) in [6.07, 6.45) is 0. The largest absolute Gasteiger partial charge is 0.355 e. The molecule has 2 rings (SSSR count). The fraction of sp³-hybridized carbons (Fsp3) is 0.400. The van der Waals surface area contributed by atoms with Gasteiger partial charge in [0.15, 0.2) is 5.16 Å². The third kappa shape index (κ3) is 4.24. The van der Waals surface area contributed by atoms with Crippen LogP contribution in [0.4, 0.5) is 0 Å². The van der Waals surface area contributed by atoms with E-state index in [1.165, 1.54) is 11.8 Å². The average Bonchev–Trinajstić information content (AvgIpc) is 2.93. The summed E-state index contributed by atoms with van der Waals surface area (Å²) in [6, 6.07) is 7.73. The van der Waals surface area contributed by atoms with Crippen molar-refractivity contribution in [2.24, 2.45) is 0 Å². The number of carbonyl (C=O) groups is 2. The summed E-state index contributed by atoms with van der Waals surface area (Å²) in [7, 11) is 0. The molecule has 1 aromatic carbocycles. The van der Waals surface area contributed by atoms with Gasteiger partial charge in [0, 0.05) is 13.1 Å². The van der Waals surface area contributed by atoms with Gasteiger partial charge < -0.3 is 15.2 Å². The number of amides is 2. The molecule has 118 valence electrons. The van der Waals surface area contributed by atoms with Crippen molar-refractivity contribution in [1.82, 2.24) is 20.2 Å². The number of imidazole rings is 1. The van der Waals surface area contributed by atoms with Crippen LogP contribution in [0.25, 0.3) is 11.0 Å². The van der Waals surface area contributed by atoms with Gasteiger partial charge in [0.2, 0.25) is 11.8 Å². The predicted molar refractivity (Wildman–Crippen MR) is 87.8 cm³/mol. The van der Waals surface area contributed by atoms with Gasteiger partial charge in [-0.2, -0.15) is 0 Å². The number of carbonyl (C=O) groups excluding carboxylic acids is 2. The minimum absolute atomic E-state index is 0.0702. The summed E-state index contributed by atoms with van der Waals surface area (Å²) < 4.78 is 0. The highest BCUT2D eigenvalue weighted by atomic mass is 32.2. The van der Waals surface area contributed by atoms with Crippen LogP contribution in [0.2, 0.25) is 0 Å². The number of fused-ring (bicyclic) bond motifs is 1. The number of aromatic amines is 1. The van der Waals surface area contributed by atoms with Crippen LogP contribution < -0.4 is 5.32 Å². The van der Waals surface area contributed by atoms with E-state index >= 15 is 0 Å². The molecule has 2 N–H and O–H groups in total. The molecule has 2 amide bonds. The monoisotopic (exact) mass is 320 g/mol. The number of hydrogen-bond donors (Lipinski definition) is 2. The van der Waals surface area contributed by atoms with Gasteiger partial charge in [-0.25, -0.2) is 4.98 Å². The Morgan fingerprint density at radius 1 is 1.32 bits per heavy atom. The highest BCUT2D eigenvalue weighted by Gasteiger charge is 2.16. The van der Waals surface area contributed by atoms with E-state index in [9.17, 15) is 9.59 Å². The van der Waals surface area contributed by atoms with Crippen molar-refractivity contribution in [2.75, 3.05) is 25.4 Å². The molecule has 0 saturated carbocycles. The summed E-state index contributed by atoms with van der Waals surface area (Å²) in [5.74, 6) is 0.0539. The lowest BCUT2D eigenvalue weighted by atomic mass is 10.3. The minimum Gasteiger partial charge on any atom is -0.355 e. The summed E-state index contributed by atoms with van der Waals surface area (Å²) in [5.41, 5.74) is 1.83. The van der Waals surface area contributed by atoms with Crippen LogP contribution in [0.1, 0.15) is 13.8 Å². The normalized spacial score (nSPS) is 10.6. The molecule has 0 saturated heterocycles. The summed E-state index contributed by atoms with van der Waals surface area (Å²) >= 11 is 1.35. The molecule has 2 aromatic rings. The number of hydrogen-bond acceptors (Lipinski definition) is 4. The first kappa shape index (κ1) is 16.4. The number of likely N-dealkylation sites (N-methyl/N-ethyl adjacent to an activating group) is 2. The van der Waals surface area contributed by atoms with Crippen molar-refractivity contribution in [1.29, 1.82) is 0 Å². The smallest absolute Gasteiger partial charge is 0.239 e. The molecule has 0 aliphatic carbocycles. The SMILES string of the molecule is CCNC(=O)CN(CC)C(=O)CSc1nc2ccccc2[nH]1. The highest BCUT2D eigenvalue weighted by Crippen LogP contribution is 2.19. The van der Waals surface area contributed by atoms with Crippen LogP contribution in [0.15, 0.2) is 29.4 Å². The zero-order valence-electron chi connectivity index (χ0n) is 12.8. The van der Waals surface area contributed by atoms with Gasteiger partial charge in [0.25, 0.3) is 0 Å². The Morgan fingerprint density at radius 2 is 2.09 bits per heavy atom. The molecule has 1 aromatic heterocycles. The first-order chi connectivity index (χ1) is 10.6. The molecule has 7 heteroatoms. The van der Waals surface area contributed by atoms with E-state index in [2.05, 4.69) is 15.3 Å². The maximum Gasteiger partial charge on any atom is 0.239 e. The third-order valence-electron chi connectivity index (χ3n) is 3.14. The first-order valence-electron chi connectivity index (χ1n) is 7.26. The Kier molecular flexibility index (Phi) is 5.83. The van der Waals surface area contributed by atoms with Gasteiger partial charge in [-0.15, -0.1) is 0 Å². The third-order valence-corrected chi connectivity index (χ3v) is 4.00. The van der Waals surface area contributed by atoms with E-state index < -0.39 is 0 Å². The lowest BCUT2D eigenvalue weighted by molar-refractivity contribution is -0.133. The highest BCUT2D eigenvalue weighted by molar-refractivity contribution is 7.99. The number of benzene rings is 1. The molecule has 1 heterocycles. The molecule has 6 nitrogen and oxygen atoms in total. The molecule has 0 unspecified atom stereocenters. The summed E-state index contributed by atoms with van der Waals surface area (Å²) in [5, 5.41) is 3.41. The summed E-state index contributed by atoms with van der Waals surface area (Å²) in [4.78, 5) is 32.9. The van der Waals surface area contributed by atoms with Crippen molar-refractivity contribution in [3.05, 3.63) is 24.3 Å². The van der Waals surface area contributed by atoms with Gasteiger partial charge >= 0.3 is 0 Å². The van der Waals surface area contributed by atoms with E-state index in [0.29, 0.717) is 18.2 Å². The predicted octanol–water partition coefficient (Wildman–Crippen LogP) is 1.64. The van der Waals surface area contributed by atoms with Crippen molar-refractivity contribution in [2.45, 2.75) is 19.0 Å². The second kappa shape index (κ2) is 7.84. The molecule has 0 aliphatic rings. The standard InChI is InChI=1S/C15H20N4O2S/c1-3-16-13(20)9-19(4-2)14(21)10-22-15-17-11-7-5-6-8-12(11)18-15/h5-8H,3-4,9-10H2,1-2H3,(H,16,20)(H,17,18). The summed E-state index contributed by atoms with van der Waals surface area (Å²) in [6.45, 7) is 4.90. The number of rotatable bonds is 7. The maximum absolute atomic E-state index is 12.2. The number of H-pyrrole nitrogens is 1. The van der Waals surface area contributed by atoms with Crippen LogP contribution in [-0.4, -0.2) is 52.1 Å². The van der Waals surface area contributed by atoms with Crippen molar-refractivity contribution in [3.8, 4) is 0 Å². The van der Waals surface area contributed by atoms with Crippen LogP contribution in [0, 0.1) is 0 Å². The Hall–Kier alpha value is -2.02. The second-order valence-corrected chi connectivity index (χ2v) is 5.67. The van der Waals surface area contributed by atoms with E-state index in [-0.39, 0.29) is 24.1 Å². The molecule has 0 radical (unpaired) electrons. The Bertz CT molecular complexity index is 623. The van der Waals surface area contributed by atoms with E-state index in [4.69, 9.17) is 0 Å². The van der Waals surface area contributed by atoms with E-state index in [0.717, 1.165) is 11.0 Å². The second-order valence-electron chi connectivity index (χ2n) is 4.71. The van der Waals surface area contributed by atoms with E-state index in [1.54, 1.807) is 4.90 Å². The van der Waals surface area contributed by atoms with Gasteiger partial charge in [-0.05, 0) is 26.0 Å². The van der Waals surface area contributed by atoms with Gasteiger partial charge in [0.1, 0.15) is 0 Å². The van der Waals surface area contributed by atoms with Gasteiger partial charge in [0.05, 0.1) is 23.3 Å². The fourth-order valence-corrected chi connectivity index (χ4v) is 2.81. The Morgan fingerprint density at radius 3 is 2.77 bits per heavy atom. The molecule has 22 heavy (non-hydrogen) atoms. The maximum atomic E-state index is 12.2. The van der Waals surface area contributed by atoms with Crippen LogP contribution in [0.3, 0.4) is 0 Å². The minimum atomic E-state index is -0.133. The topological polar surface area (TPSA) is 78.1 Å². The zero-order valence-corrected chi connectivity index (χ0v) is 13.6. The first-order valence-corrected chi connectivity index (χ1v) is 8.24. The van der Waals surface area contributed by atoms with Crippen molar-refractivity contribution in [3.63, 3.8) is 0 Å². The van der Waals surface area contributed by atoms with Crippen LogP contribution >= 0.6 is 11.8 Å². The molecular weight excluding hydrogens is 300 g/mol. The number of para-hydroxylation sites is 2. The Labute approximate surface area is 133 Å². The fourth-order valence-electron chi connectivity index (χ4n) is 2.02. The number of aromatic nitrogens is 2. The lowest BCUT2D eigenvalue weighted by Crippen LogP contribution is -2.41. The number of thioether (sulfide) groups is 1. The molecule has 0 fully saturated rings. The quantitative estimate of drug-likeness (QED) is 0.760.